The number of fused-ring (bicyclic) bond motifs is 1. The van der Waals surface area contributed by atoms with Crippen molar-refractivity contribution in [2.75, 3.05) is 6.54 Å². The van der Waals surface area contributed by atoms with Crippen LogP contribution in [0.2, 0.25) is 0 Å². The van der Waals surface area contributed by atoms with E-state index in [0.717, 1.165) is 28.9 Å². The van der Waals surface area contributed by atoms with E-state index in [4.69, 9.17) is 0 Å². The first-order chi connectivity index (χ1) is 8.24. The maximum absolute atomic E-state index is 4.11. The summed E-state index contributed by atoms with van der Waals surface area (Å²) in [6.45, 7) is 3.17. The Morgan fingerprint density at radius 1 is 1.47 bits per heavy atom. The van der Waals surface area contributed by atoms with Gasteiger partial charge in [0.15, 0.2) is 4.60 Å². The van der Waals surface area contributed by atoms with Gasteiger partial charge < -0.3 is 5.32 Å². The third kappa shape index (κ3) is 1.83. The molecule has 0 bridgehead atoms. The third-order valence-electron chi connectivity index (χ3n) is 4.40. The molecule has 0 aromatic carbocycles. The summed E-state index contributed by atoms with van der Waals surface area (Å²) in [4.78, 5) is 0. The Labute approximate surface area is 110 Å². The number of hydrogen-bond acceptors (Lipinski definition) is 3. The van der Waals surface area contributed by atoms with Crippen LogP contribution in [0.4, 0.5) is 0 Å². The molecule has 2 saturated carbocycles. The molecule has 0 amide bonds. The monoisotopic (exact) mass is 298 g/mol. The fourth-order valence-electron chi connectivity index (χ4n) is 3.68. The Morgan fingerprint density at radius 2 is 2.18 bits per heavy atom. The number of aromatic nitrogens is 3. The molecule has 2 aliphatic carbocycles. The highest BCUT2D eigenvalue weighted by Gasteiger charge is 2.56. The van der Waals surface area contributed by atoms with Crippen molar-refractivity contribution in [3.63, 3.8) is 0 Å². The van der Waals surface area contributed by atoms with Crippen LogP contribution >= 0.6 is 15.9 Å². The summed E-state index contributed by atoms with van der Waals surface area (Å²) in [6, 6.07) is 0.421. The predicted octanol–water partition coefficient (Wildman–Crippen LogP) is 2.27. The lowest BCUT2D eigenvalue weighted by molar-refractivity contribution is 0.403. The van der Waals surface area contributed by atoms with E-state index >= 15 is 0 Å². The summed E-state index contributed by atoms with van der Waals surface area (Å²) in [7, 11) is 1.98. The van der Waals surface area contributed by atoms with Crippen LogP contribution in [0, 0.1) is 17.8 Å². The van der Waals surface area contributed by atoms with Gasteiger partial charge in [-0.3, -0.25) is 0 Å². The maximum atomic E-state index is 4.11. The molecule has 3 atom stereocenters. The van der Waals surface area contributed by atoms with Crippen molar-refractivity contribution < 1.29 is 0 Å². The van der Waals surface area contributed by atoms with Gasteiger partial charge >= 0.3 is 0 Å². The molecule has 3 unspecified atom stereocenters. The molecule has 1 heterocycles. The first-order valence-corrected chi connectivity index (χ1v) is 7.31. The summed E-state index contributed by atoms with van der Waals surface area (Å²) >= 11 is 3.53. The Hall–Kier alpha value is -0.420. The van der Waals surface area contributed by atoms with Crippen LogP contribution in [-0.4, -0.2) is 21.5 Å². The lowest BCUT2D eigenvalue weighted by Gasteiger charge is -2.20. The average Bonchev–Trinajstić information content (AvgIpc) is 2.65. The van der Waals surface area contributed by atoms with Crippen molar-refractivity contribution in [1.82, 2.24) is 20.3 Å². The molecule has 2 fully saturated rings. The first-order valence-electron chi connectivity index (χ1n) is 6.52. The zero-order valence-corrected chi connectivity index (χ0v) is 11.9. The minimum atomic E-state index is 0.421. The fraction of sp³-hybridized carbons (Fsp3) is 0.833. The molecule has 94 valence electrons. The van der Waals surface area contributed by atoms with E-state index in [-0.39, 0.29) is 0 Å². The van der Waals surface area contributed by atoms with Crippen molar-refractivity contribution in [3.05, 3.63) is 10.3 Å². The molecular formula is C12H19BrN4. The number of rotatable bonds is 4. The van der Waals surface area contributed by atoms with Crippen LogP contribution in [-0.2, 0) is 7.05 Å². The summed E-state index contributed by atoms with van der Waals surface area (Å²) < 4.78 is 2.81. The molecule has 3 rings (SSSR count). The number of nitrogens with zero attached hydrogens (tertiary/aromatic N) is 3. The van der Waals surface area contributed by atoms with Gasteiger partial charge in [-0.05, 0) is 53.1 Å². The lowest BCUT2D eigenvalue weighted by Crippen LogP contribution is -2.26. The number of nitrogens with one attached hydrogen (secondary N) is 1. The molecule has 2 aliphatic rings. The zero-order chi connectivity index (χ0) is 12.0. The van der Waals surface area contributed by atoms with Gasteiger partial charge in [0.1, 0.15) is 0 Å². The van der Waals surface area contributed by atoms with Crippen molar-refractivity contribution in [2.45, 2.75) is 32.2 Å². The van der Waals surface area contributed by atoms with Crippen LogP contribution in [0.3, 0.4) is 0 Å². The number of halogens is 1. The van der Waals surface area contributed by atoms with Crippen molar-refractivity contribution >= 4 is 15.9 Å². The van der Waals surface area contributed by atoms with E-state index < -0.39 is 0 Å². The van der Waals surface area contributed by atoms with Gasteiger partial charge in [-0.1, -0.05) is 18.6 Å². The van der Waals surface area contributed by atoms with Crippen LogP contribution in [0.25, 0.3) is 0 Å². The highest BCUT2D eigenvalue weighted by Crippen LogP contribution is 2.62. The van der Waals surface area contributed by atoms with Gasteiger partial charge in [0.05, 0.1) is 11.7 Å². The SMILES string of the molecule is CCNC(c1c(Br)nnn1C)C1C2CCCC21. The summed E-state index contributed by atoms with van der Waals surface area (Å²) in [5.41, 5.74) is 1.21. The molecule has 5 heteroatoms. The molecule has 1 aromatic heterocycles. The second-order valence-corrected chi connectivity index (χ2v) is 6.01. The van der Waals surface area contributed by atoms with Crippen LogP contribution in [0.5, 0.6) is 0 Å². The van der Waals surface area contributed by atoms with E-state index in [2.05, 4.69) is 38.5 Å². The lowest BCUT2D eigenvalue weighted by atomic mass is 10.0. The Bertz CT molecular complexity index is 387. The van der Waals surface area contributed by atoms with Crippen LogP contribution in [0.1, 0.15) is 37.9 Å². The number of hydrogen-bond donors (Lipinski definition) is 1. The van der Waals surface area contributed by atoms with Gasteiger partial charge in [-0.2, -0.15) is 0 Å². The molecule has 0 radical (unpaired) electrons. The van der Waals surface area contributed by atoms with Gasteiger partial charge in [0.25, 0.3) is 0 Å². The third-order valence-corrected chi connectivity index (χ3v) is 4.97. The minimum absolute atomic E-state index is 0.421. The molecule has 17 heavy (non-hydrogen) atoms. The van der Waals surface area contributed by atoms with Crippen LogP contribution < -0.4 is 5.32 Å². The highest BCUT2D eigenvalue weighted by atomic mass is 79.9. The normalized spacial score (nSPS) is 32.5. The summed E-state index contributed by atoms with van der Waals surface area (Å²) in [6.07, 6.45) is 4.26. The minimum Gasteiger partial charge on any atom is -0.309 e. The highest BCUT2D eigenvalue weighted by molar-refractivity contribution is 9.10. The van der Waals surface area contributed by atoms with Gasteiger partial charge in [0, 0.05) is 7.05 Å². The number of aryl methyl sites for hydroxylation is 1. The largest absolute Gasteiger partial charge is 0.309 e. The first kappa shape index (κ1) is 11.7. The fourth-order valence-corrected chi connectivity index (χ4v) is 4.25. The molecule has 0 aliphatic heterocycles. The molecule has 0 saturated heterocycles. The van der Waals surface area contributed by atoms with E-state index in [1.807, 2.05) is 11.7 Å². The van der Waals surface area contributed by atoms with Crippen LogP contribution in [0.15, 0.2) is 4.60 Å². The maximum Gasteiger partial charge on any atom is 0.153 e. The molecule has 1 aromatic rings. The Morgan fingerprint density at radius 3 is 2.71 bits per heavy atom. The average molecular weight is 299 g/mol. The Balaban J connectivity index is 1.86. The molecular weight excluding hydrogens is 280 g/mol. The van der Waals surface area contributed by atoms with Crippen molar-refractivity contribution in [1.29, 1.82) is 0 Å². The van der Waals surface area contributed by atoms with Gasteiger partial charge in [-0.15, -0.1) is 5.10 Å². The van der Waals surface area contributed by atoms with E-state index in [1.54, 1.807) is 0 Å². The van der Waals surface area contributed by atoms with Gasteiger partial charge in [-0.25, -0.2) is 4.68 Å². The zero-order valence-electron chi connectivity index (χ0n) is 10.4. The second kappa shape index (κ2) is 4.35. The molecule has 1 N–H and O–H groups in total. The molecule has 4 nitrogen and oxygen atoms in total. The smallest absolute Gasteiger partial charge is 0.153 e. The van der Waals surface area contributed by atoms with Crippen molar-refractivity contribution in [2.24, 2.45) is 24.8 Å². The topological polar surface area (TPSA) is 42.7 Å². The second-order valence-electron chi connectivity index (χ2n) is 5.26. The van der Waals surface area contributed by atoms with Crippen molar-refractivity contribution in [3.8, 4) is 0 Å². The Kier molecular flexibility index (Phi) is 2.99. The molecule has 0 spiro atoms. The summed E-state index contributed by atoms with van der Waals surface area (Å²) in [5, 5.41) is 11.8. The van der Waals surface area contributed by atoms with E-state index in [9.17, 15) is 0 Å². The van der Waals surface area contributed by atoms with E-state index in [1.165, 1.54) is 25.0 Å². The van der Waals surface area contributed by atoms with Gasteiger partial charge in [0.2, 0.25) is 0 Å². The quantitative estimate of drug-likeness (QED) is 0.927. The summed E-state index contributed by atoms with van der Waals surface area (Å²) in [5.74, 6) is 2.69. The standard InChI is InChI=1S/C12H19BrN4/c1-3-14-10(9-7-5-4-6-8(7)9)11-12(13)15-16-17(11)2/h7-10,14H,3-6H2,1-2H3. The van der Waals surface area contributed by atoms with E-state index in [0.29, 0.717) is 6.04 Å². The predicted molar refractivity (Wildman–Crippen MR) is 69.4 cm³/mol.